The van der Waals surface area contributed by atoms with Crippen molar-refractivity contribution in [2.75, 3.05) is 19.0 Å². The molecule has 0 saturated carbocycles. The zero-order chi connectivity index (χ0) is 12.8. The maximum atomic E-state index is 5.13. The van der Waals surface area contributed by atoms with E-state index < -0.39 is 0 Å². The average Bonchev–Trinajstić information content (AvgIpc) is 2.40. The van der Waals surface area contributed by atoms with Gasteiger partial charge >= 0.3 is 0 Å². The molecule has 1 heterocycles. The summed E-state index contributed by atoms with van der Waals surface area (Å²) in [6.45, 7) is 2.91. The van der Waals surface area contributed by atoms with E-state index in [4.69, 9.17) is 4.74 Å². The first-order valence-corrected chi connectivity index (χ1v) is 6.07. The summed E-state index contributed by atoms with van der Waals surface area (Å²) in [6, 6.07) is 12.2. The minimum atomic E-state index is 0.900. The van der Waals surface area contributed by atoms with Gasteiger partial charge in [0.15, 0.2) is 0 Å². The van der Waals surface area contributed by atoms with E-state index in [0.717, 1.165) is 30.1 Å². The molecule has 0 saturated heterocycles. The predicted molar refractivity (Wildman–Crippen MR) is 74.2 cm³/mol. The monoisotopic (exact) mass is 242 g/mol. The molecule has 0 bridgehead atoms. The summed E-state index contributed by atoms with van der Waals surface area (Å²) in [5.74, 6) is 0.900. The Balaban J connectivity index is 1.84. The highest BCUT2D eigenvalue weighted by Crippen LogP contribution is 2.12. The summed E-state index contributed by atoms with van der Waals surface area (Å²) in [5.41, 5.74) is 3.45. The molecule has 2 rings (SSSR count). The van der Waals surface area contributed by atoms with Crippen LogP contribution < -0.4 is 10.1 Å². The van der Waals surface area contributed by atoms with Crippen molar-refractivity contribution in [2.45, 2.75) is 13.3 Å². The van der Waals surface area contributed by atoms with Crippen molar-refractivity contribution >= 4 is 5.69 Å². The van der Waals surface area contributed by atoms with E-state index in [0.29, 0.717) is 0 Å². The number of benzene rings is 1. The minimum absolute atomic E-state index is 0.900. The molecule has 94 valence electrons. The first kappa shape index (κ1) is 12.4. The number of nitrogens with zero attached hydrogens (tertiary/aromatic N) is 1. The van der Waals surface area contributed by atoms with Crippen LogP contribution in [0.2, 0.25) is 0 Å². The molecule has 0 aliphatic heterocycles. The van der Waals surface area contributed by atoms with Crippen molar-refractivity contribution in [3.8, 4) is 5.75 Å². The van der Waals surface area contributed by atoms with Crippen LogP contribution in [-0.2, 0) is 6.42 Å². The number of nitrogens with one attached hydrogen (secondary N) is 1. The zero-order valence-electron chi connectivity index (χ0n) is 10.8. The molecule has 0 unspecified atom stereocenters. The van der Waals surface area contributed by atoms with E-state index in [1.807, 2.05) is 37.4 Å². The smallest absolute Gasteiger partial charge is 0.118 e. The lowest BCUT2D eigenvalue weighted by Crippen LogP contribution is -2.05. The molecule has 0 aliphatic rings. The summed E-state index contributed by atoms with van der Waals surface area (Å²) < 4.78 is 5.13. The van der Waals surface area contributed by atoms with E-state index in [1.165, 1.54) is 5.56 Å². The molecular weight excluding hydrogens is 224 g/mol. The van der Waals surface area contributed by atoms with E-state index >= 15 is 0 Å². The molecular formula is C15H18N2O. The summed E-state index contributed by atoms with van der Waals surface area (Å²) >= 11 is 0. The zero-order valence-corrected chi connectivity index (χ0v) is 10.8. The number of methoxy groups -OCH3 is 1. The fourth-order valence-corrected chi connectivity index (χ4v) is 1.80. The number of hydrogen-bond acceptors (Lipinski definition) is 3. The molecule has 1 aromatic heterocycles. The second-order valence-corrected chi connectivity index (χ2v) is 4.21. The maximum absolute atomic E-state index is 5.13. The fraction of sp³-hybridized carbons (Fsp3) is 0.267. The van der Waals surface area contributed by atoms with Gasteiger partial charge in [-0.15, -0.1) is 0 Å². The van der Waals surface area contributed by atoms with Gasteiger partial charge in [0.05, 0.1) is 7.11 Å². The molecule has 3 heteroatoms. The van der Waals surface area contributed by atoms with Crippen LogP contribution >= 0.6 is 0 Å². The number of hydrogen-bond donors (Lipinski definition) is 1. The lowest BCUT2D eigenvalue weighted by Gasteiger charge is -2.07. The highest BCUT2D eigenvalue weighted by atomic mass is 16.5. The van der Waals surface area contributed by atoms with Gasteiger partial charge in [0.25, 0.3) is 0 Å². The Bertz CT molecular complexity index is 494. The van der Waals surface area contributed by atoms with Gasteiger partial charge in [-0.25, -0.2) is 0 Å². The van der Waals surface area contributed by atoms with Crippen molar-refractivity contribution in [1.29, 1.82) is 0 Å². The predicted octanol–water partition coefficient (Wildman–Crippen LogP) is 3.05. The molecule has 0 fully saturated rings. The Morgan fingerprint density at radius 3 is 2.61 bits per heavy atom. The molecule has 18 heavy (non-hydrogen) atoms. The van der Waals surface area contributed by atoms with E-state index in [9.17, 15) is 0 Å². The lowest BCUT2D eigenvalue weighted by molar-refractivity contribution is 0.414. The van der Waals surface area contributed by atoms with Crippen LogP contribution in [0.5, 0.6) is 5.75 Å². The second-order valence-electron chi connectivity index (χ2n) is 4.21. The van der Waals surface area contributed by atoms with Crippen molar-refractivity contribution in [1.82, 2.24) is 4.98 Å². The van der Waals surface area contributed by atoms with Gasteiger partial charge < -0.3 is 10.1 Å². The van der Waals surface area contributed by atoms with Crippen LogP contribution in [0.15, 0.2) is 42.6 Å². The molecule has 0 atom stereocenters. The quantitative estimate of drug-likeness (QED) is 0.875. The Labute approximate surface area is 108 Å². The Morgan fingerprint density at radius 2 is 1.94 bits per heavy atom. The third-order valence-electron chi connectivity index (χ3n) is 2.80. The number of aromatic nitrogens is 1. The minimum Gasteiger partial charge on any atom is -0.497 e. The van der Waals surface area contributed by atoms with Crippen molar-refractivity contribution in [2.24, 2.45) is 0 Å². The van der Waals surface area contributed by atoms with Crippen molar-refractivity contribution in [3.05, 3.63) is 53.9 Å². The van der Waals surface area contributed by atoms with Gasteiger partial charge in [0.1, 0.15) is 5.75 Å². The lowest BCUT2D eigenvalue weighted by atomic mass is 10.1. The largest absolute Gasteiger partial charge is 0.497 e. The van der Waals surface area contributed by atoms with Crippen molar-refractivity contribution < 1.29 is 4.74 Å². The van der Waals surface area contributed by atoms with Crippen LogP contribution in [0, 0.1) is 6.92 Å². The summed E-state index contributed by atoms with van der Waals surface area (Å²) in [4.78, 5) is 4.17. The first-order valence-electron chi connectivity index (χ1n) is 6.07. The van der Waals surface area contributed by atoms with E-state index in [-0.39, 0.29) is 0 Å². The molecule has 0 spiro atoms. The Morgan fingerprint density at radius 1 is 1.17 bits per heavy atom. The van der Waals surface area contributed by atoms with Gasteiger partial charge in [0, 0.05) is 24.1 Å². The maximum Gasteiger partial charge on any atom is 0.118 e. The number of aryl methyl sites for hydroxylation is 1. The number of pyridine rings is 1. The van der Waals surface area contributed by atoms with Gasteiger partial charge in [-0.3, -0.25) is 4.98 Å². The normalized spacial score (nSPS) is 10.1. The molecule has 0 amide bonds. The summed E-state index contributed by atoms with van der Waals surface area (Å²) in [5, 5.41) is 3.39. The topological polar surface area (TPSA) is 34.1 Å². The number of ether oxygens (including phenoxy) is 1. The molecule has 2 aromatic rings. The van der Waals surface area contributed by atoms with E-state index in [1.54, 1.807) is 7.11 Å². The molecule has 1 N–H and O–H groups in total. The molecule has 0 aliphatic carbocycles. The first-order chi connectivity index (χ1) is 8.78. The summed E-state index contributed by atoms with van der Waals surface area (Å²) in [6.07, 6.45) is 2.82. The van der Waals surface area contributed by atoms with Crippen LogP contribution in [0.4, 0.5) is 5.69 Å². The third kappa shape index (κ3) is 3.48. The average molecular weight is 242 g/mol. The molecule has 1 aromatic carbocycles. The Kier molecular flexibility index (Phi) is 4.18. The Hall–Kier alpha value is -2.03. The van der Waals surface area contributed by atoms with Crippen LogP contribution in [0.25, 0.3) is 0 Å². The van der Waals surface area contributed by atoms with Crippen molar-refractivity contribution in [3.63, 3.8) is 0 Å². The number of rotatable bonds is 5. The second kappa shape index (κ2) is 6.05. The van der Waals surface area contributed by atoms with Crippen LogP contribution in [-0.4, -0.2) is 18.6 Å². The van der Waals surface area contributed by atoms with Gasteiger partial charge in [0.2, 0.25) is 0 Å². The fourth-order valence-electron chi connectivity index (χ4n) is 1.80. The van der Waals surface area contributed by atoms with E-state index in [2.05, 4.69) is 22.4 Å². The van der Waals surface area contributed by atoms with Gasteiger partial charge in [-0.1, -0.05) is 12.1 Å². The van der Waals surface area contributed by atoms with Gasteiger partial charge in [-0.2, -0.15) is 0 Å². The number of anilines is 1. The summed E-state index contributed by atoms with van der Waals surface area (Å²) in [7, 11) is 1.68. The van der Waals surface area contributed by atoms with Crippen LogP contribution in [0.3, 0.4) is 0 Å². The van der Waals surface area contributed by atoms with Crippen LogP contribution in [0.1, 0.15) is 11.3 Å². The highest BCUT2D eigenvalue weighted by molar-refractivity contribution is 5.43. The SMILES string of the molecule is COc1ccc(CCNc2ccnc(C)c2)cc1. The molecule has 3 nitrogen and oxygen atoms in total. The van der Waals surface area contributed by atoms with Gasteiger partial charge in [-0.05, 0) is 43.2 Å². The highest BCUT2D eigenvalue weighted by Gasteiger charge is 1.96. The molecule has 0 radical (unpaired) electrons. The standard InChI is InChI=1S/C15H18N2O/c1-12-11-14(8-10-16-12)17-9-7-13-3-5-15(18-2)6-4-13/h3-6,8,10-11H,7,9H2,1-2H3,(H,16,17). The third-order valence-corrected chi connectivity index (χ3v) is 2.80.